The first kappa shape index (κ1) is 11.4. The van der Waals surface area contributed by atoms with Gasteiger partial charge in [-0.05, 0) is 37.7 Å². The predicted octanol–water partition coefficient (Wildman–Crippen LogP) is 2.86. The van der Waals surface area contributed by atoms with Crippen LogP contribution in [0.2, 0.25) is 0 Å². The van der Waals surface area contributed by atoms with Crippen molar-refractivity contribution < 1.29 is 5.11 Å². The van der Waals surface area contributed by atoms with E-state index in [0.29, 0.717) is 6.42 Å². The Morgan fingerprint density at radius 2 is 1.75 bits per heavy atom. The molecule has 0 saturated heterocycles. The van der Waals surface area contributed by atoms with Gasteiger partial charge in [-0.2, -0.15) is 0 Å². The zero-order valence-electron chi connectivity index (χ0n) is 9.13. The molecule has 2 rings (SSSR count). The molecule has 1 aromatic rings. The zero-order valence-corrected chi connectivity index (χ0v) is 9.13. The summed E-state index contributed by atoms with van der Waals surface area (Å²) in [5, 5.41) is 10.8. The second-order valence-electron chi connectivity index (χ2n) is 3.89. The minimum absolute atomic E-state index is 0.515. The van der Waals surface area contributed by atoms with Crippen LogP contribution in [-0.2, 0) is 5.60 Å². The molecule has 1 saturated carbocycles. The van der Waals surface area contributed by atoms with Gasteiger partial charge in [0.1, 0.15) is 0 Å². The molecule has 1 fully saturated rings. The van der Waals surface area contributed by atoms with Gasteiger partial charge in [-0.1, -0.05) is 36.4 Å². The summed E-state index contributed by atoms with van der Waals surface area (Å²) in [5.74, 6) is 0.915. The molecule has 81 valence electrons. The van der Waals surface area contributed by atoms with Gasteiger partial charge in [-0.25, -0.2) is 0 Å². The Morgan fingerprint density at radius 1 is 1.12 bits per heavy atom. The predicted molar refractivity (Wildman–Crippen MR) is 65.6 cm³/mol. The third-order valence-corrected chi connectivity index (χ3v) is 2.83. The highest BCUT2D eigenvalue weighted by Gasteiger charge is 2.39. The second-order valence-corrected chi connectivity index (χ2v) is 3.89. The molecule has 1 aliphatic rings. The van der Waals surface area contributed by atoms with Crippen LogP contribution in [0.3, 0.4) is 0 Å². The van der Waals surface area contributed by atoms with E-state index in [4.69, 9.17) is 0 Å². The Labute approximate surface area is 97.8 Å². The molecule has 0 heterocycles. The van der Waals surface area contributed by atoms with Gasteiger partial charge in [0.25, 0.3) is 0 Å². The number of rotatable bonds is 4. The van der Waals surface area contributed by atoms with E-state index < -0.39 is 5.60 Å². The van der Waals surface area contributed by atoms with E-state index in [1.807, 2.05) is 56.0 Å². The van der Waals surface area contributed by atoms with Crippen molar-refractivity contribution in [2.24, 2.45) is 0 Å². The molecule has 16 heavy (non-hydrogen) atoms. The summed E-state index contributed by atoms with van der Waals surface area (Å²) in [6.45, 7) is 3.72. The molecule has 1 aliphatic carbocycles. The second kappa shape index (κ2) is 4.84. The lowest BCUT2D eigenvalue weighted by atomic mass is 9.78. The molecule has 0 amide bonds. The van der Waals surface area contributed by atoms with Crippen LogP contribution in [0.25, 0.3) is 0 Å². The van der Waals surface area contributed by atoms with E-state index in [0.717, 1.165) is 11.5 Å². The van der Waals surface area contributed by atoms with E-state index in [2.05, 4.69) is 6.58 Å². The molecule has 1 aromatic carbocycles. The molecular weight excluding hydrogens is 196 g/mol. The third-order valence-electron chi connectivity index (χ3n) is 2.83. The summed E-state index contributed by atoms with van der Waals surface area (Å²) in [6.07, 6.45) is 10.0. The first-order chi connectivity index (χ1) is 7.77. The summed E-state index contributed by atoms with van der Waals surface area (Å²) in [5.41, 5.74) is -0.0481. The van der Waals surface area contributed by atoms with Crippen LogP contribution in [-0.4, -0.2) is 5.11 Å². The van der Waals surface area contributed by atoms with Crippen molar-refractivity contribution >= 4 is 0 Å². The van der Waals surface area contributed by atoms with E-state index in [9.17, 15) is 5.11 Å². The van der Waals surface area contributed by atoms with Crippen molar-refractivity contribution in [1.29, 1.82) is 0 Å². The SMILES string of the molecule is C=CCC(O)([C]1[CH][CH][CH][CH]1)c1ccccc1. The number of hydrogen-bond donors (Lipinski definition) is 1. The van der Waals surface area contributed by atoms with Gasteiger partial charge < -0.3 is 5.11 Å². The van der Waals surface area contributed by atoms with Crippen LogP contribution in [0, 0.1) is 31.6 Å². The van der Waals surface area contributed by atoms with E-state index in [1.165, 1.54) is 0 Å². The minimum atomic E-state index is -0.952. The van der Waals surface area contributed by atoms with Crippen molar-refractivity contribution in [3.63, 3.8) is 0 Å². The van der Waals surface area contributed by atoms with Crippen LogP contribution in [0.1, 0.15) is 12.0 Å². The topological polar surface area (TPSA) is 20.2 Å². The van der Waals surface area contributed by atoms with Crippen molar-refractivity contribution in [2.45, 2.75) is 12.0 Å². The van der Waals surface area contributed by atoms with E-state index in [1.54, 1.807) is 6.08 Å². The normalized spacial score (nSPS) is 20.6. The lowest BCUT2D eigenvalue weighted by molar-refractivity contribution is 0.0635. The van der Waals surface area contributed by atoms with Gasteiger partial charge >= 0.3 is 0 Å². The Morgan fingerprint density at radius 3 is 2.31 bits per heavy atom. The Balaban J connectivity index is 2.30. The minimum Gasteiger partial charge on any atom is -0.384 e. The van der Waals surface area contributed by atoms with Crippen molar-refractivity contribution in [3.05, 3.63) is 80.2 Å². The molecule has 1 atom stereocenters. The Bertz CT molecular complexity index is 338. The van der Waals surface area contributed by atoms with Crippen LogP contribution in [0.5, 0.6) is 0 Å². The summed E-state index contributed by atoms with van der Waals surface area (Å²) in [4.78, 5) is 0. The smallest absolute Gasteiger partial charge is 0.0999 e. The Kier molecular flexibility index (Phi) is 3.45. The van der Waals surface area contributed by atoms with Crippen LogP contribution in [0.4, 0.5) is 0 Å². The average Bonchev–Trinajstić information content (AvgIpc) is 2.84. The molecule has 0 aromatic heterocycles. The largest absolute Gasteiger partial charge is 0.384 e. The van der Waals surface area contributed by atoms with E-state index in [-0.39, 0.29) is 0 Å². The molecule has 0 aliphatic heterocycles. The maximum Gasteiger partial charge on any atom is 0.0999 e. The van der Waals surface area contributed by atoms with Crippen LogP contribution < -0.4 is 0 Å². The highest BCUT2D eigenvalue weighted by Crippen LogP contribution is 2.42. The molecule has 5 radical (unpaired) electrons. The Hall–Kier alpha value is -1.08. The molecular formula is C15H15O. The monoisotopic (exact) mass is 211 g/mol. The third kappa shape index (κ3) is 2.05. The van der Waals surface area contributed by atoms with Crippen LogP contribution in [0.15, 0.2) is 43.0 Å². The van der Waals surface area contributed by atoms with E-state index >= 15 is 0 Å². The van der Waals surface area contributed by atoms with Gasteiger partial charge in [-0.3, -0.25) is 0 Å². The summed E-state index contributed by atoms with van der Waals surface area (Å²) < 4.78 is 0. The first-order valence-corrected chi connectivity index (χ1v) is 5.38. The van der Waals surface area contributed by atoms with Gasteiger partial charge in [0.15, 0.2) is 0 Å². The summed E-state index contributed by atoms with van der Waals surface area (Å²) in [7, 11) is 0. The van der Waals surface area contributed by atoms with Gasteiger partial charge in [0.2, 0.25) is 0 Å². The van der Waals surface area contributed by atoms with Gasteiger partial charge in [0, 0.05) is 5.92 Å². The first-order valence-electron chi connectivity index (χ1n) is 5.38. The van der Waals surface area contributed by atoms with Crippen molar-refractivity contribution in [2.75, 3.05) is 0 Å². The molecule has 0 spiro atoms. The standard InChI is InChI=1S/C15H15O/c1-2-12-15(16,14-10-6-7-11-14)13-8-4-3-5-9-13/h2-11,16H,1,12H2. The fourth-order valence-electron chi connectivity index (χ4n) is 1.97. The van der Waals surface area contributed by atoms with Gasteiger partial charge in [-0.15, -0.1) is 6.58 Å². The molecule has 1 N–H and O–H groups in total. The van der Waals surface area contributed by atoms with Gasteiger partial charge in [0.05, 0.1) is 5.60 Å². The average molecular weight is 211 g/mol. The highest BCUT2D eigenvalue weighted by atomic mass is 16.3. The zero-order chi connectivity index (χ0) is 11.4. The number of hydrogen-bond acceptors (Lipinski definition) is 1. The maximum atomic E-state index is 10.8. The number of benzene rings is 1. The fraction of sp³-hybridized carbons (Fsp3) is 0.133. The summed E-state index contributed by atoms with van der Waals surface area (Å²) >= 11 is 0. The fourth-order valence-corrected chi connectivity index (χ4v) is 1.97. The van der Waals surface area contributed by atoms with Crippen LogP contribution >= 0.6 is 0 Å². The molecule has 0 bridgehead atoms. The number of aliphatic hydroxyl groups is 1. The van der Waals surface area contributed by atoms with Crippen molar-refractivity contribution in [3.8, 4) is 0 Å². The summed E-state index contributed by atoms with van der Waals surface area (Å²) in [6, 6.07) is 9.70. The lowest BCUT2D eigenvalue weighted by Crippen LogP contribution is -2.32. The molecule has 1 heteroatoms. The highest BCUT2D eigenvalue weighted by molar-refractivity contribution is 5.45. The lowest BCUT2D eigenvalue weighted by Gasteiger charge is -2.33. The quantitative estimate of drug-likeness (QED) is 0.759. The molecule has 1 nitrogen and oxygen atoms in total. The molecule has 1 unspecified atom stereocenters. The maximum absolute atomic E-state index is 10.8. The van der Waals surface area contributed by atoms with Crippen molar-refractivity contribution in [1.82, 2.24) is 0 Å².